The molecule has 0 aliphatic rings. The van der Waals surface area contributed by atoms with Crippen molar-refractivity contribution in [3.8, 4) is 0 Å². The average molecular weight is 416 g/mol. The first-order chi connectivity index (χ1) is 13.4. The third kappa shape index (κ3) is 10.0. The number of carbonyl (C=O) groups is 6. The highest BCUT2D eigenvalue weighted by Crippen LogP contribution is 2.08. The topological polar surface area (TPSA) is 237 Å². The molecule has 0 aliphatic heterocycles. The molecule has 164 valence electrons. The summed E-state index contributed by atoms with van der Waals surface area (Å²) in [7, 11) is 0. The summed E-state index contributed by atoms with van der Waals surface area (Å²) in [6, 6.07) is -3.93. The highest BCUT2D eigenvalue weighted by atomic mass is 16.4. The summed E-state index contributed by atoms with van der Waals surface area (Å²) >= 11 is 0. The summed E-state index contributed by atoms with van der Waals surface area (Å²) in [4.78, 5) is 69.3. The van der Waals surface area contributed by atoms with Gasteiger partial charge in [-0.05, 0) is 5.92 Å². The number of hydrogen-bond acceptors (Lipinski definition) is 7. The van der Waals surface area contributed by atoms with Gasteiger partial charge in [0.05, 0.1) is 25.4 Å². The van der Waals surface area contributed by atoms with Crippen LogP contribution < -0.4 is 33.2 Å². The van der Waals surface area contributed by atoms with Crippen LogP contribution in [0.4, 0.5) is 0 Å². The lowest BCUT2D eigenvalue weighted by molar-refractivity contribution is -0.143. The first-order valence-electron chi connectivity index (χ1n) is 8.81. The van der Waals surface area contributed by atoms with Gasteiger partial charge in [-0.2, -0.15) is 0 Å². The van der Waals surface area contributed by atoms with E-state index in [4.69, 9.17) is 17.2 Å². The lowest BCUT2D eigenvalue weighted by Gasteiger charge is -2.24. The van der Waals surface area contributed by atoms with Crippen molar-refractivity contribution in [2.75, 3.05) is 6.54 Å². The van der Waals surface area contributed by atoms with E-state index in [1.54, 1.807) is 13.8 Å². The summed E-state index contributed by atoms with van der Waals surface area (Å²) in [6.45, 7) is 2.74. The minimum Gasteiger partial charge on any atom is -0.480 e. The van der Waals surface area contributed by atoms with Crippen molar-refractivity contribution in [3.63, 3.8) is 0 Å². The van der Waals surface area contributed by atoms with Gasteiger partial charge in [0.2, 0.25) is 29.5 Å². The number of primary amides is 2. The van der Waals surface area contributed by atoms with E-state index in [0.29, 0.717) is 6.42 Å². The Hall–Kier alpha value is -3.22. The van der Waals surface area contributed by atoms with Crippen LogP contribution in [0.3, 0.4) is 0 Å². The number of hydrogen-bond donors (Lipinski definition) is 7. The molecule has 0 aromatic carbocycles. The van der Waals surface area contributed by atoms with E-state index in [1.165, 1.54) is 0 Å². The van der Waals surface area contributed by atoms with Crippen molar-refractivity contribution < 1.29 is 33.9 Å². The molecule has 0 aromatic heterocycles. The smallest absolute Gasteiger partial charge is 0.326 e. The molecule has 0 radical (unpaired) electrons. The molecule has 4 unspecified atom stereocenters. The summed E-state index contributed by atoms with van der Waals surface area (Å²) in [6.07, 6.45) is -0.548. The second-order valence-corrected chi connectivity index (χ2v) is 6.50. The molecule has 10 N–H and O–H groups in total. The Bertz CT molecular complexity index is 654. The zero-order valence-corrected chi connectivity index (χ0v) is 16.3. The van der Waals surface area contributed by atoms with Crippen LogP contribution >= 0.6 is 0 Å². The normalized spacial score (nSPS) is 14.6. The molecule has 5 amide bonds. The van der Waals surface area contributed by atoms with Crippen molar-refractivity contribution >= 4 is 35.5 Å². The van der Waals surface area contributed by atoms with E-state index < -0.39 is 78.9 Å². The van der Waals surface area contributed by atoms with Crippen LogP contribution in [0.25, 0.3) is 0 Å². The first kappa shape index (κ1) is 25.8. The lowest BCUT2D eigenvalue weighted by Crippen LogP contribution is -2.55. The van der Waals surface area contributed by atoms with E-state index in [1.807, 2.05) is 0 Å². The van der Waals surface area contributed by atoms with E-state index >= 15 is 0 Å². The number of carboxylic acids is 1. The molecule has 0 bridgehead atoms. The molecule has 0 fully saturated rings. The highest BCUT2D eigenvalue weighted by Gasteiger charge is 2.30. The van der Waals surface area contributed by atoms with E-state index in [0.717, 1.165) is 0 Å². The standard InChI is InChI=1S/C16H28N6O7/c1-3-7(2)13(16(28)29)22-15(27)9(5-11(19)24)21-12(25)6-20-14(26)8(17)4-10(18)23/h7-9,13H,3-6,17H2,1-2H3,(H2,18,23)(H2,19,24)(H,20,26)(H,21,25)(H,22,27)(H,28,29). The fourth-order valence-electron chi connectivity index (χ4n) is 2.20. The number of carbonyl (C=O) groups excluding carboxylic acids is 5. The fourth-order valence-corrected chi connectivity index (χ4v) is 2.20. The van der Waals surface area contributed by atoms with Gasteiger partial charge < -0.3 is 38.3 Å². The third-order valence-electron chi connectivity index (χ3n) is 4.01. The summed E-state index contributed by atoms with van der Waals surface area (Å²) < 4.78 is 0. The monoisotopic (exact) mass is 416 g/mol. The Morgan fingerprint density at radius 2 is 1.48 bits per heavy atom. The molecule has 0 aromatic rings. The van der Waals surface area contributed by atoms with Crippen molar-refractivity contribution in [3.05, 3.63) is 0 Å². The van der Waals surface area contributed by atoms with Crippen molar-refractivity contribution in [2.24, 2.45) is 23.1 Å². The van der Waals surface area contributed by atoms with Crippen molar-refractivity contribution in [1.29, 1.82) is 0 Å². The Kier molecular flexibility index (Phi) is 10.9. The number of carboxylic acid groups (broad SMARTS) is 1. The second-order valence-electron chi connectivity index (χ2n) is 6.50. The molecule has 13 heteroatoms. The van der Waals surface area contributed by atoms with Crippen LogP contribution in [-0.2, 0) is 28.8 Å². The van der Waals surface area contributed by atoms with Crippen LogP contribution in [0.5, 0.6) is 0 Å². The van der Waals surface area contributed by atoms with Gasteiger partial charge in [0.15, 0.2) is 0 Å². The highest BCUT2D eigenvalue weighted by molar-refractivity contribution is 5.95. The predicted molar refractivity (Wildman–Crippen MR) is 99.6 cm³/mol. The maximum absolute atomic E-state index is 12.4. The van der Waals surface area contributed by atoms with Gasteiger partial charge in [-0.15, -0.1) is 0 Å². The molecular formula is C16H28N6O7. The van der Waals surface area contributed by atoms with Crippen LogP contribution in [0, 0.1) is 5.92 Å². The first-order valence-corrected chi connectivity index (χ1v) is 8.81. The Labute approximate surface area is 167 Å². The van der Waals surface area contributed by atoms with E-state index in [9.17, 15) is 33.9 Å². The zero-order chi connectivity index (χ0) is 22.7. The SMILES string of the molecule is CCC(C)C(NC(=O)C(CC(N)=O)NC(=O)CNC(=O)C(N)CC(N)=O)C(=O)O. The molecule has 0 heterocycles. The Morgan fingerprint density at radius 3 is 1.93 bits per heavy atom. The third-order valence-corrected chi connectivity index (χ3v) is 4.01. The van der Waals surface area contributed by atoms with Gasteiger partial charge in [0.1, 0.15) is 12.1 Å². The molecule has 4 atom stereocenters. The van der Waals surface area contributed by atoms with Gasteiger partial charge in [-0.3, -0.25) is 24.0 Å². The minimum absolute atomic E-state index is 0.410. The van der Waals surface area contributed by atoms with Crippen LogP contribution in [0.2, 0.25) is 0 Å². The van der Waals surface area contributed by atoms with Crippen LogP contribution in [0.1, 0.15) is 33.1 Å². The van der Waals surface area contributed by atoms with Crippen LogP contribution in [0.15, 0.2) is 0 Å². The molecule has 0 spiro atoms. The summed E-state index contributed by atoms with van der Waals surface area (Å²) in [5.74, 6) is -5.99. The van der Waals surface area contributed by atoms with Gasteiger partial charge in [-0.1, -0.05) is 20.3 Å². The maximum atomic E-state index is 12.4. The largest absolute Gasteiger partial charge is 0.480 e. The van der Waals surface area contributed by atoms with Gasteiger partial charge in [0.25, 0.3) is 0 Å². The van der Waals surface area contributed by atoms with Crippen molar-refractivity contribution in [1.82, 2.24) is 16.0 Å². The zero-order valence-electron chi connectivity index (χ0n) is 16.3. The molecule has 29 heavy (non-hydrogen) atoms. The number of aliphatic carboxylic acids is 1. The average Bonchev–Trinajstić information content (AvgIpc) is 2.61. The van der Waals surface area contributed by atoms with Gasteiger partial charge in [-0.25, -0.2) is 4.79 Å². The van der Waals surface area contributed by atoms with Gasteiger partial charge >= 0.3 is 5.97 Å². The van der Waals surface area contributed by atoms with E-state index in [2.05, 4.69) is 16.0 Å². The molecule has 0 aliphatic carbocycles. The molecule has 0 saturated carbocycles. The van der Waals surface area contributed by atoms with Crippen LogP contribution in [-0.4, -0.2) is 65.3 Å². The Balaban J connectivity index is 4.97. The number of amides is 5. The van der Waals surface area contributed by atoms with Crippen molar-refractivity contribution in [2.45, 2.75) is 51.2 Å². The maximum Gasteiger partial charge on any atom is 0.326 e. The Morgan fingerprint density at radius 1 is 0.931 bits per heavy atom. The fraction of sp³-hybridized carbons (Fsp3) is 0.625. The van der Waals surface area contributed by atoms with Gasteiger partial charge in [0, 0.05) is 0 Å². The summed E-state index contributed by atoms with van der Waals surface area (Å²) in [5.41, 5.74) is 15.4. The number of nitrogens with one attached hydrogen (secondary N) is 3. The number of nitrogens with two attached hydrogens (primary N) is 3. The quantitative estimate of drug-likeness (QED) is 0.157. The molecule has 0 saturated heterocycles. The minimum atomic E-state index is -1.44. The van der Waals surface area contributed by atoms with E-state index in [-0.39, 0.29) is 0 Å². The summed E-state index contributed by atoms with van der Waals surface area (Å²) in [5, 5.41) is 15.8. The molecule has 0 rings (SSSR count). The second kappa shape index (κ2) is 12.3. The molecular weight excluding hydrogens is 388 g/mol. The predicted octanol–water partition coefficient (Wildman–Crippen LogP) is -3.72. The lowest BCUT2D eigenvalue weighted by atomic mass is 9.98. The number of rotatable bonds is 13. The molecule has 13 nitrogen and oxygen atoms in total.